The van der Waals surface area contributed by atoms with Gasteiger partial charge in [-0.15, -0.1) is 0 Å². The molecule has 0 aliphatic carbocycles. The van der Waals surface area contributed by atoms with E-state index in [1.807, 2.05) is 0 Å². The second-order valence-corrected chi connectivity index (χ2v) is 6.26. The minimum absolute atomic E-state index is 0.0879. The second-order valence-electron chi connectivity index (χ2n) is 6.26. The molecular formula is C21H19N3O7. The number of fused-ring (bicyclic) bond motifs is 1. The summed E-state index contributed by atoms with van der Waals surface area (Å²) in [6.07, 6.45) is 1.34. The number of hydrogen-bond acceptors (Lipinski definition) is 9. The maximum Gasteiger partial charge on any atom is 0.341 e. The SMILES string of the molecule is CCOC(=O)c1cnc2ccc(C(=O)OC)cc2c1Nc1cc([N+](=O)[O-])ccc1OC. The Morgan fingerprint density at radius 2 is 1.90 bits per heavy atom. The van der Waals surface area contributed by atoms with E-state index in [2.05, 4.69) is 10.3 Å². The van der Waals surface area contributed by atoms with Crippen LogP contribution in [0.3, 0.4) is 0 Å². The Labute approximate surface area is 176 Å². The predicted molar refractivity (Wildman–Crippen MR) is 112 cm³/mol. The number of nitro benzene ring substituents is 1. The van der Waals surface area contributed by atoms with E-state index in [1.165, 1.54) is 44.7 Å². The summed E-state index contributed by atoms with van der Waals surface area (Å²) in [5.41, 5.74) is 1.14. The van der Waals surface area contributed by atoms with Crippen molar-refractivity contribution in [1.29, 1.82) is 0 Å². The van der Waals surface area contributed by atoms with Crippen molar-refractivity contribution in [3.05, 3.63) is 63.8 Å². The fourth-order valence-electron chi connectivity index (χ4n) is 2.98. The lowest BCUT2D eigenvalue weighted by atomic mass is 10.1. The van der Waals surface area contributed by atoms with Crippen LogP contribution >= 0.6 is 0 Å². The molecule has 2 aromatic carbocycles. The van der Waals surface area contributed by atoms with E-state index in [4.69, 9.17) is 14.2 Å². The van der Waals surface area contributed by atoms with E-state index < -0.39 is 16.9 Å². The van der Waals surface area contributed by atoms with Gasteiger partial charge >= 0.3 is 11.9 Å². The summed E-state index contributed by atoms with van der Waals surface area (Å²) in [5.74, 6) is -0.899. The highest BCUT2D eigenvalue weighted by molar-refractivity contribution is 6.08. The fourth-order valence-corrected chi connectivity index (χ4v) is 2.98. The molecular weight excluding hydrogens is 406 g/mol. The highest BCUT2D eigenvalue weighted by Gasteiger charge is 2.21. The number of nitrogens with zero attached hydrogens (tertiary/aromatic N) is 2. The molecule has 160 valence electrons. The van der Waals surface area contributed by atoms with Gasteiger partial charge in [0.2, 0.25) is 0 Å². The van der Waals surface area contributed by atoms with Crippen molar-refractivity contribution in [2.75, 3.05) is 26.1 Å². The van der Waals surface area contributed by atoms with Crippen molar-refractivity contribution in [2.24, 2.45) is 0 Å². The van der Waals surface area contributed by atoms with Crippen LogP contribution in [0.5, 0.6) is 5.75 Å². The highest BCUT2D eigenvalue weighted by atomic mass is 16.6. The van der Waals surface area contributed by atoms with Gasteiger partial charge in [0.25, 0.3) is 5.69 Å². The predicted octanol–water partition coefficient (Wildman–Crippen LogP) is 3.86. The van der Waals surface area contributed by atoms with Crippen LogP contribution in [0, 0.1) is 10.1 Å². The number of nitrogens with one attached hydrogen (secondary N) is 1. The van der Waals surface area contributed by atoms with Crippen LogP contribution in [0.15, 0.2) is 42.6 Å². The topological polar surface area (TPSA) is 130 Å². The van der Waals surface area contributed by atoms with E-state index in [0.29, 0.717) is 16.7 Å². The van der Waals surface area contributed by atoms with Gasteiger partial charge in [0, 0.05) is 23.7 Å². The molecule has 0 fully saturated rings. The van der Waals surface area contributed by atoms with E-state index in [0.717, 1.165) is 0 Å². The number of aromatic nitrogens is 1. The quantitative estimate of drug-likeness (QED) is 0.341. The maximum atomic E-state index is 12.6. The number of methoxy groups -OCH3 is 2. The third kappa shape index (κ3) is 4.37. The zero-order valence-electron chi connectivity index (χ0n) is 17.0. The largest absolute Gasteiger partial charge is 0.495 e. The Morgan fingerprint density at radius 3 is 2.55 bits per heavy atom. The van der Waals surface area contributed by atoms with Crippen LogP contribution < -0.4 is 10.1 Å². The van der Waals surface area contributed by atoms with E-state index in [1.54, 1.807) is 19.1 Å². The number of esters is 2. The fraction of sp³-hybridized carbons (Fsp3) is 0.190. The average Bonchev–Trinajstić information content (AvgIpc) is 2.78. The molecule has 10 heteroatoms. The van der Waals surface area contributed by atoms with Gasteiger partial charge in [-0.3, -0.25) is 15.1 Å². The van der Waals surface area contributed by atoms with Crippen LogP contribution in [-0.2, 0) is 9.47 Å². The summed E-state index contributed by atoms with van der Waals surface area (Å²) in [6, 6.07) is 8.69. The number of nitro groups is 1. The Hall–Kier alpha value is -4.21. The number of carbonyl (C=O) groups is 2. The lowest BCUT2D eigenvalue weighted by molar-refractivity contribution is -0.384. The smallest absolute Gasteiger partial charge is 0.341 e. The second kappa shape index (κ2) is 9.08. The highest BCUT2D eigenvalue weighted by Crippen LogP contribution is 2.36. The van der Waals surface area contributed by atoms with Gasteiger partial charge < -0.3 is 19.5 Å². The third-order valence-corrected chi connectivity index (χ3v) is 4.44. The van der Waals surface area contributed by atoms with Crippen molar-refractivity contribution < 1.29 is 28.7 Å². The Balaban J connectivity index is 2.26. The summed E-state index contributed by atoms with van der Waals surface area (Å²) in [5, 5.41) is 14.7. The van der Waals surface area contributed by atoms with Crippen molar-refractivity contribution in [2.45, 2.75) is 6.92 Å². The first-order valence-electron chi connectivity index (χ1n) is 9.17. The molecule has 0 aliphatic heterocycles. The number of benzene rings is 2. The van der Waals surface area contributed by atoms with Crippen LogP contribution in [-0.4, -0.2) is 42.7 Å². The number of carbonyl (C=O) groups excluding carboxylic acids is 2. The monoisotopic (exact) mass is 425 g/mol. The van der Waals surface area contributed by atoms with Crippen molar-refractivity contribution in [3.63, 3.8) is 0 Å². The van der Waals surface area contributed by atoms with Crippen LogP contribution in [0.4, 0.5) is 17.1 Å². The van der Waals surface area contributed by atoms with E-state index in [9.17, 15) is 19.7 Å². The molecule has 0 saturated heterocycles. The van der Waals surface area contributed by atoms with Gasteiger partial charge in [-0.2, -0.15) is 0 Å². The van der Waals surface area contributed by atoms with Crippen LogP contribution in [0.25, 0.3) is 10.9 Å². The molecule has 0 bridgehead atoms. The number of ether oxygens (including phenoxy) is 3. The molecule has 1 aromatic heterocycles. The van der Waals surface area contributed by atoms with Crippen molar-refractivity contribution in [1.82, 2.24) is 4.98 Å². The Morgan fingerprint density at radius 1 is 1.13 bits per heavy atom. The van der Waals surface area contributed by atoms with Gasteiger partial charge in [-0.25, -0.2) is 9.59 Å². The standard InChI is InChI=1S/C21H19N3O7/c1-4-31-21(26)15-11-22-16-7-5-12(20(25)30-3)9-14(16)19(15)23-17-10-13(24(27)28)6-8-18(17)29-2/h5-11H,4H2,1-3H3,(H,22,23). The van der Waals surface area contributed by atoms with Gasteiger partial charge in [0.15, 0.2) is 0 Å². The molecule has 31 heavy (non-hydrogen) atoms. The molecule has 10 nitrogen and oxygen atoms in total. The first-order valence-corrected chi connectivity index (χ1v) is 9.17. The number of pyridine rings is 1. The zero-order chi connectivity index (χ0) is 22.5. The summed E-state index contributed by atoms with van der Waals surface area (Å²) in [6.45, 7) is 1.80. The summed E-state index contributed by atoms with van der Waals surface area (Å²) in [4.78, 5) is 39.5. The molecule has 0 spiro atoms. The minimum Gasteiger partial charge on any atom is -0.495 e. The van der Waals surface area contributed by atoms with Gasteiger partial charge in [0.05, 0.1) is 48.2 Å². The van der Waals surface area contributed by atoms with Crippen LogP contribution in [0.1, 0.15) is 27.6 Å². The maximum absolute atomic E-state index is 12.6. The van der Waals surface area contributed by atoms with Crippen molar-refractivity contribution >= 4 is 39.9 Å². The van der Waals surface area contributed by atoms with E-state index in [-0.39, 0.29) is 34.8 Å². The molecule has 0 amide bonds. The van der Waals surface area contributed by atoms with E-state index >= 15 is 0 Å². The summed E-state index contributed by atoms with van der Waals surface area (Å²) >= 11 is 0. The summed E-state index contributed by atoms with van der Waals surface area (Å²) < 4.78 is 15.2. The molecule has 3 aromatic rings. The average molecular weight is 425 g/mol. The number of non-ortho nitro benzene ring substituents is 1. The lowest BCUT2D eigenvalue weighted by Gasteiger charge is -2.16. The number of anilines is 2. The molecule has 1 heterocycles. The molecule has 0 radical (unpaired) electrons. The van der Waals surface area contributed by atoms with Gasteiger partial charge in [-0.05, 0) is 31.2 Å². The Bertz CT molecular complexity index is 1180. The number of hydrogen-bond donors (Lipinski definition) is 1. The lowest BCUT2D eigenvalue weighted by Crippen LogP contribution is -2.10. The van der Waals surface area contributed by atoms with Gasteiger partial charge in [0.1, 0.15) is 11.3 Å². The third-order valence-electron chi connectivity index (χ3n) is 4.44. The normalized spacial score (nSPS) is 10.4. The summed E-state index contributed by atoms with van der Waals surface area (Å²) in [7, 11) is 2.67. The first kappa shape index (κ1) is 21.5. The molecule has 0 atom stereocenters. The Kier molecular flexibility index (Phi) is 6.29. The molecule has 0 saturated carbocycles. The van der Waals surface area contributed by atoms with Crippen molar-refractivity contribution in [3.8, 4) is 5.75 Å². The van der Waals surface area contributed by atoms with Gasteiger partial charge in [-0.1, -0.05) is 0 Å². The zero-order valence-corrected chi connectivity index (χ0v) is 17.0. The molecule has 0 aliphatic rings. The molecule has 0 unspecified atom stereocenters. The minimum atomic E-state index is -0.646. The first-order chi connectivity index (χ1) is 14.9. The molecule has 3 rings (SSSR count). The van der Waals surface area contributed by atoms with Crippen LogP contribution in [0.2, 0.25) is 0 Å². The molecule has 1 N–H and O–H groups in total. The number of rotatable bonds is 7.